The van der Waals surface area contributed by atoms with E-state index >= 15 is 0 Å². The Morgan fingerprint density at radius 2 is 1.78 bits per heavy atom. The Kier molecular flexibility index (Phi) is 5.72. The van der Waals surface area contributed by atoms with Gasteiger partial charge in [0.15, 0.2) is 0 Å². The number of nitrogens with zero attached hydrogens (tertiary/aromatic N) is 2. The molecule has 0 atom stereocenters. The van der Waals surface area contributed by atoms with Crippen LogP contribution in [-0.2, 0) is 4.79 Å². The molecule has 1 aliphatic heterocycles. The van der Waals surface area contributed by atoms with E-state index in [1.165, 1.54) is 30.3 Å². The smallest absolute Gasteiger partial charge is 0.336 e. The number of hydrogen-bond donors (Lipinski definition) is 1. The molecule has 9 heteroatoms. The highest BCUT2D eigenvalue weighted by Crippen LogP contribution is 2.24. The minimum Gasteiger partial charge on any atom is -0.423 e. The Balaban J connectivity index is 1.37. The minimum atomic E-state index is -0.511. The second-order valence-electron chi connectivity index (χ2n) is 7.82. The molecule has 0 radical (unpaired) electrons. The third-order valence-electron chi connectivity index (χ3n) is 5.70. The second-order valence-corrected chi connectivity index (χ2v) is 7.82. The molecule has 1 N–H and O–H groups in total. The Morgan fingerprint density at radius 1 is 1.09 bits per heavy atom. The van der Waals surface area contributed by atoms with Crippen molar-refractivity contribution >= 4 is 34.2 Å². The number of carbonyl (C=O) groups excluding carboxylic acids is 2. The van der Waals surface area contributed by atoms with Gasteiger partial charge in [0.1, 0.15) is 5.58 Å². The Morgan fingerprint density at radius 3 is 2.44 bits per heavy atom. The standard InChI is InChI=1S/C23H21N3O6/c1-14-12-21(27)32-20-13-17(4-7-19(14)20)24-22(28)15-8-10-25(11-9-15)23(29)16-2-5-18(6-3-16)26(30)31/h2-7,12-13,15H,8-11H2,1H3,(H,24,28). The van der Waals surface area contributed by atoms with Gasteiger partial charge in [0, 0.05) is 59.9 Å². The van der Waals surface area contributed by atoms with E-state index < -0.39 is 10.5 Å². The van der Waals surface area contributed by atoms with Crippen LogP contribution in [0.3, 0.4) is 0 Å². The molecular weight excluding hydrogens is 414 g/mol. The van der Waals surface area contributed by atoms with Crippen LogP contribution in [0, 0.1) is 23.0 Å². The highest BCUT2D eigenvalue weighted by atomic mass is 16.6. The molecule has 0 bridgehead atoms. The summed E-state index contributed by atoms with van der Waals surface area (Å²) in [6.45, 7) is 2.66. The number of aryl methyl sites for hydroxylation is 1. The first-order chi connectivity index (χ1) is 15.3. The van der Waals surface area contributed by atoms with Gasteiger partial charge in [-0.15, -0.1) is 0 Å². The summed E-state index contributed by atoms with van der Waals surface area (Å²) in [5, 5.41) is 14.4. The van der Waals surface area contributed by atoms with E-state index in [0.29, 0.717) is 42.8 Å². The predicted octanol–water partition coefficient (Wildman–Crippen LogP) is 3.50. The number of likely N-dealkylation sites (tertiary alicyclic amines) is 1. The lowest BCUT2D eigenvalue weighted by Crippen LogP contribution is -2.41. The fraction of sp³-hybridized carbons (Fsp3) is 0.261. The largest absolute Gasteiger partial charge is 0.423 e. The summed E-state index contributed by atoms with van der Waals surface area (Å²) in [7, 11) is 0. The first-order valence-corrected chi connectivity index (χ1v) is 10.2. The van der Waals surface area contributed by atoms with Gasteiger partial charge in [-0.3, -0.25) is 19.7 Å². The molecule has 4 rings (SSSR count). The van der Waals surface area contributed by atoms with E-state index in [2.05, 4.69) is 5.32 Å². The van der Waals surface area contributed by atoms with Gasteiger partial charge in [0.05, 0.1) is 4.92 Å². The van der Waals surface area contributed by atoms with Crippen LogP contribution in [0.25, 0.3) is 11.0 Å². The highest BCUT2D eigenvalue weighted by Gasteiger charge is 2.28. The van der Waals surface area contributed by atoms with Crippen molar-refractivity contribution in [2.45, 2.75) is 19.8 Å². The number of hydrogen-bond acceptors (Lipinski definition) is 6. The van der Waals surface area contributed by atoms with Crippen molar-refractivity contribution in [1.82, 2.24) is 4.90 Å². The van der Waals surface area contributed by atoms with Crippen LogP contribution in [0.4, 0.5) is 11.4 Å². The van der Waals surface area contributed by atoms with E-state index in [1.807, 2.05) is 6.92 Å². The zero-order valence-corrected chi connectivity index (χ0v) is 17.4. The molecule has 1 aromatic heterocycles. The third-order valence-corrected chi connectivity index (χ3v) is 5.70. The topological polar surface area (TPSA) is 123 Å². The van der Waals surface area contributed by atoms with Gasteiger partial charge in [0.2, 0.25) is 5.91 Å². The fourth-order valence-electron chi connectivity index (χ4n) is 3.90. The van der Waals surface area contributed by atoms with Crippen LogP contribution >= 0.6 is 0 Å². The van der Waals surface area contributed by atoms with Crippen LogP contribution in [0.15, 0.2) is 57.7 Å². The molecule has 32 heavy (non-hydrogen) atoms. The quantitative estimate of drug-likeness (QED) is 0.380. The summed E-state index contributed by atoms with van der Waals surface area (Å²) in [5.74, 6) is -0.614. The van der Waals surface area contributed by atoms with Crippen LogP contribution in [0.2, 0.25) is 0 Å². The zero-order chi connectivity index (χ0) is 22.8. The first kappa shape index (κ1) is 21.2. The summed E-state index contributed by atoms with van der Waals surface area (Å²) >= 11 is 0. The zero-order valence-electron chi connectivity index (χ0n) is 17.4. The average molecular weight is 435 g/mol. The van der Waals surface area contributed by atoms with Gasteiger partial charge in [-0.2, -0.15) is 0 Å². The number of amides is 2. The maximum absolute atomic E-state index is 12.7. The van der Waals surface area contributed by atoms with Crippen molar-refractivity contribution in [3.05, 3.63) is 80.2 Å². The van der Waals surface area contributed by atoms with E-state index in [0.717, 1.165) is 10.9 Å². The summed E-state index contributed by atoms with van der Waals surface area (Å²) in [5.41, 5.74) is 1.63. The number of nitro groups is 1. The van der Waals surface area contributed by atoms with Crippen molar-refractivity contribution in [3.8, 4) is 0 Å². The number of non-ortho nitro benzene ring substituents is 1. The molecule has 3 aromatic rings. The average Bonchev–Trinajstić information content (AvgIpc) is 2.78. The number of nitro benzene ring substituents is 1. The van der Waals surface area contributed by atoms with Gasteiger partial charge in [-0.25, -0.2) is 4.79 Å². The summed E-state index contributed by atoms with van der Waals surface area (Å²) in [6, 6.07) is 12.1. The van der Waals surface area contributed by atoms with Crippen molar-refractivity contribution in [3.63, 3.8) is 0 Å². The number of rotatable bonds is 4. The van der Waals surface area contributed by atoms with Crippen LogP contribution in [0.1, 0.15) is 28.8 Å². The van der Waals surface area contributed by atoms with E-state index in [4.69, 9.17) is 4.42 Å². The summed E-state index contributed by atoms with van der Waals surface area (Å²) < 4.78 is 5.22. The molecular formula is C23H21N3O6. The maximum Gasteiger partial charge on any atom is 0.336 e. The number of piperidine rings is 1. The fourth-order valence-corrected chi connectivity index (χ4v) is 3.90. The van der Waals surface area contributed by atoms with Gasteiger partial charge in [0.25, 0.3) is 11.6 Å². The van der Waals surface area contributed by atoms with E-state index in [1.54, 1.807) is 23.1 Å². The number of nitrogens with one attached hydrogen (secondary N) is 1. The second kappa shape index (κ2) is 8.62. The molecule has 0 spiro atoms. The molecule has 2 heterocycles. The number of fused-ring (bicyclic) bond motifs is 1. The third kappa shape index (κ3) is 4.36. The summed E-state index contributed by atoms with van der Waals surface area (Å²) in [6.07, 6.45) is 1.01. The summed E-state index contributed by atoms with van der Waals surface area (Å²) in [4.78, 5) is 48.9. The molecule has 164 valence electrons. The lowest BCUT2D eigenvalue weighted by atomic mass is 9.95. The SMILES string of the molecule is Cc1cc(=O)oc2cc(NC(=O)C3CCN(C(=O)c4ccc([N+](=O)[O-])cc4)CC3)ccc12. The number of carbonyl (C=O) groups is 2. The molecule has 1 saturated heterocycles. The molecule has 0 saturated carbocycles. The molecule has 2 aromatic carbocycles. The molecule has 0 aliphatic carbocycles. The van der Waals surface area contributed by atoms with Gasteiger partial charge >= 0.3 is 5.63 Å². The van der Waals surface area contributed by atoms with Crippen LogP contribution in [-0.4, -0.2) is 34.7 Å². The molecule has 0 unspecified atom stereocenters. The molecule has 2 amide bonds. The van der Waals surface area contributed by atoms with Crippen LogP contribution < -0.4 is 10.9 Å². The van der Waals surface area contributed by atoms with E-state index in [9.17, 15) is 24.5 Å². The van der Waals surface area contributed by atoms with Gasteiger partial charge < -0.3 is 14.6 Å². The first-order valence-electron chi connectivity index (χ1n) is 10.2. The van der Waals surface area contributed by atoms with Crippen molar-refractivity contribution in [1.29, 1.82) is 0 Å². The molecule has 1 aliphatic rings. The number of anilines is 1. The maximum atomic E-state index is 12.7. The van der Waals surface area contributed by atoms with Gasteiger partial charge in [-0.05, 0) is 49.6 Å². The lowest BCUT2D eigenvalue weighted by molar-refractivity contribution is -0.384. The number of benzene rings is 2. The minimum absolute atomic E-state index is 0.0694. The normalized spacial score (nSPS) is 14.3. The Hall–Kier alpha value is -4.01. The van der Waals surface area contributed by atoms with Crippen molar-refractivity contribution < 1.29 is 18.9 Å². The molecule has 1 fully saturated rings. The monoisotopic (exact) mass is 435 g/mol. The molecule has 9 nitrogen and oxygen atoms in total. The lowest BCUT2D eigenvalue weighted by Gasteiger charge is -2.31. The van der Waals surface area contributed by atoms with Crippen LogP contribution in [0.5, 0.6) is 0 Å². The Bertz CT molecular complexity index is 1260. The Labute approximate surface area is 182 Å². The van der Waals surface area contributed by atoms with Gasteiger partial charge in [-0.1, -0.05) is 0 Å². The van der Waals surface area contributed by atoms with Crippen molar-refractivity contribution in [2.75, 3.05) is 18.4 Å². The van der Waals surface area contributed by atoms with E-state index in [-0.39, 0.29) is 23.4 Å². The van der Waals surface area contributed by atoms with Crippen molar-refractivity contribution in [2.24, 2.45) is 5.92 Å². The highest BCUT2D eigenvalue weighted by molar-refractivity contribution is 5.96. The predicted molar refractivity (Wildman–Crippen MR) is 118 cm³/mol.